The van der Waals surface area contributed by atoms with Crippen LogP contribution in [0.5, 0.6) is 0 Å². The first-order valence-corrected chi connectivity index (χ1v) is 4.59. The van der Waals surface area contributed by atoms with Crippen molar-refractivity contribution in [3.05, 3.63) is 0 Å². The molecule has 0 aliphatic heterocycles. The molecule has 0 radical (unpaired) electrons. The quantitative estimate of drug-likeness (QED) is 0.556. The summed E-state index contributed by atoms with van der Waals surface area (Å²) in [4.78, 5) is 0. The van der Waals surface area contributed by atoms with Gasteiger partial charge in [-0.25, -0.2) is 0 Å². The van der Waals surface area contributed by atoms with Gasteiger partial charge in [-0.3, -0.25) is 0 Å². The molecule has 2 nitrogen and oxygen atoms in total. The van der Waals surface area contributed by atoms with Gasteiger partial charge in [0, 0.05) is 5.31 Å². The van der Waals surface area contributed by atoms with Crippen molar-refractivity contribution in [1.82, 2.24) is 0 Å². The highest BCUT2D eigenvalue weighted by Gasteiger charge is 2.47. The van der Waals surface area contributed by atoms with E-state index in [4.69, 9.17) is 0 Å². The SMILES string of the molecule is OB(O)C12CCC(CC1)CC2. The predicted molar refractivity (Wildman–Crippen MR) is 44.1 cm³/mol. The molecule has 3 fully saturated rings. The van der Waals surface area contributed by atoms with Crippen LogP contribution < -0.4 is 0 Å². The van der Waals surface area contributed by atoms with Gasteiger partial charge in [-0.15, -0.1) is 0 Å². The van der Waals surface area contributed by atoms with Gasteiger partial charge < -0.3 is 10.0 Å². The van der Waals surface area contributed by atoms with Crippen LogP contribution in [0.15, 0.2) is 0 Å². The van der Waals surface area contributed by atoms with E-state index in [2.05, 4.69) is 0 Å². The third kappa shape index (κ3) is 1.11. The van der Waals surface area contributed by atoms with Crippen molar-refractivity contribution < 1.29 is 10.0 Å². The van der Waals surface area contributed by atoms with Gasteiger partial charge in [-0.05, 0) is 25.2 Å². The first-order chi connectivity index (χ1) is 5.23. The third-order valence-electron chi connectivity index (χ3n) is 3.70. The van der Waals surface area contributed by atoms with E-state index < -0.39 is 7.12 Å². The monoisotopic (exact) mass is 154 g/mol. The Bertz CT molecular complexity index is 136. The average Bonchev–Trinajstić information content (AvgIpc) is 2.08. The zero-order valence-corrected chi connectivity index (χ0v) is 6.79. The second kappa shape index (κ2) is 2.49. The topological polar surface area (TPSA) is 40.5 Å². The Hall–Kier alpha value is -0.0151. The molecular formula is C8H15BO2. The summed E-state index contributed by atoms with van der Waals surface area (Å²) in [5.41, 5.74) is 0. The fourth-order valence-corrected chi connectivity index (χ4v) is 2.67. The van der Waals surface area contributed by atoms with E-state index in [1.165, 1.54) is 19.3 Å². The lowest BCUT2D eigenvalue weighted by molar-refractivity contribution is 0.152. The smallest absolute Gasteiger partial charge is 0.427 e. The maximum absolute atomic E-state index is 9.21. The van der Waals surface area contributed by atoms with Crippen molar-refractivity contribution in [2.24, 2.45) is 5.92 Å². The van der Waals surface area contributed by atoms with Gasteiger partial charge in [0.15, 0.2) is 0 Å². The van der Waals surface area contributed by atoms with Crippen LogP contribution in [0, 0.1) is 5.92 Å². The largest absolute Gasteiger partial charge is 0.458 e. The van der Waals surface area contributed by atoms with Crippen LogP contribution in [0.4, 0.5) is 0 Å². The molecule has 0 spiro atoms. The Kier molecular flexibility index (Phi) is 1.73. The fraction of sp³-hybridized carbons (Fsp3) is 1.00. The highest BCUT2D eigenvalue weighted by atomic mass is 16.4. The van der Waals surface area contributed by atoms with Crippen LogP contribution >= 0.6 is 0 Å². The number of fused-ring (bicyclic) bond motifs is 3. The van der Waals surface area contributed by atoms with E-state index >= 15 is 0 Å². The lowest BCUT2D eigenvalue weighted by Gasteiger charge is -2.45. The molecule has 2 N–H and O–H groups in total. The molecule has 0 heterocycles. The molecule has 2 bridgehead atoms. The van der Waals surface area contributed by atoms with Gasteiger partial charge in [0.05, 0.1) is 0 Å². The van der Waals surface area contributed by atoms with E-state index in [-0.39, 0.29) is 5.31 Å². The van der Waals surface area contributed by atoms with E-state index in [1.807, 2.05) is 0 Å². The molecule has 0 amide bonds. The highest BCUT2D eigenvalue weighted by Crippen LogP contribution is 2.56. The number of rotatable bonds is 1. The standard InChI is InChI=1S/C8H15BO2/c10-9(11)8-4-1-7(2-5-8)3-6-8/h7,10-11H,1-6H2. The molecule has 62 valence electrons. The van der Waals surface area contributed by atoms with Crippen molar-refractivity contribution in [3.8, 4) is 0 Å². The Labute approximate surface area is 67.8 Å². The Morgan fingerprint density at radius 1 is 1.00 bits per heavy atom. The number of hydrogen-bond donors (Lipinski definition) is 2. The lowest BCUT2D eigenvalue weighted by Crippen LogP contribution is -2.40. The summed E-state index contributed by atoms with van der Waals surface area (Å²) in [5.74, 6) is 0.899. The molecule has 11 heavy (non-hydrogen) atoms. The van der Waals surface area contributed by atoms with Crippen LogP contribution in [0.2, 0.25) is 5.31 Å². The van der Waals surface area contributed by atoms with Crippen LogP contribution in [0.3, 0.4) is 0 Å². The Balaban J connectivity index is 2.12. The van der Waals surface area contributed by atoms with E-state index in [1.54, 1.807) is 0 Å². The zero-order chi connectivity index (χ0) is 7.90. The molecule has 0 saturated heterocycles. The van der Waals surface area contributed by atoms with Gasteiger partial charge in [-0.1, -0.05) is 19.3 Å². The Morgan fingerprint density at radius 2 is 1.45 bits per heavy atom. The minimum Gasteiger partial charge on any atom is -0.427 e. The first kappa shape index (κ1) is 7.62. The van der Waals surface area contributed by atoms with Crippen molar-refractivity contribution in [2.75, 3.05) is 0 Å². The Morgan fingerprint density at radius 3 is 1.73 bits per heavy atom. The molecule has 3 rings (SSSR count). The van der Waals surface area contributed by atoms with Crippen molar-refractivity contribution >= 4 is 7.12 Å². The van der Waals surface area contributed by atoms with Gasteiger partial charge in [0.2, 0.25) is 0 Å². The molecule has 0 unspecified atom stereocenters. The van der Waals surface area contributed by atoms with Gasteiger partial charge in [-0.2, -0.15) is 0 Å². The zero-order valence-electron chi connectivity index (χ0n) is 6.79. The lowest BCUT2D eigenvalue weighted by atomic mass is 9.45. The number of hydrogen-bond acceptors (Lipinski definition) is 2. The molecule has 3 saturated carbocycles. The van der Waals surface area contributed by atoms with Crippen LogP contribution in [0.1, 0.15) is 38.5 Å². The minimum absolute atomic E-state index is 0.102. The molecule has 0 aromatic carbocycles. The summed E-state index contributed by atoms with van der Waals surface area (Å²) < 4.78 is 0. The molecule has 3 aliphatic carbocycles. The van der Waals surface area contributed by atoms with Crippen LogP contribution in [0.25, 0.3) is 0 Å². The van der Waals surface area contributed by atoms with Crippen molar-refractivity contribution in [3.63, 3.8) is 0 Å². The molecule has 0 aromatic heterocycles. The van der Waals surface area contributed by atoms with E-state index in [9.17, 15) is 10.0 Å². The second-order valence-electron chi connectivity index (χ2n) is 4.22. The maximum atomic E-state index is 9.21. The predicted octanol–water partition coefficient (Wildman–Crippen LogP) is 1.18. The molecule has 3 heteroatoms. The summed E-state index contributed by atoms with van der Waals surface area (Å²) in [6.45, 7) is 0. The summed E-state index contributed by atoms with van der Waals surface area (Å²) in [5, 5.41) is 18.3. The summed E-state index contributed by atoms with van der Waals surface area (Å²) >= 11 is 0. The second-order valence-corrected chi connectivity index (χ2v) is 4.22. The van der Waals surface area contributed by atoms with Gasteiger partial charge >= 0.3 is 7.12 Å². The summed E-state index contributed by atoms with van der Waals surface area (Å²) in [6.07, 6.45) is 6.77. The molecule has 0 aromatic rings. The molecule has 3 aliphatic rings. The summed E-state index contributed by atoms with van der Waals surface area (Å²) in [6, 6.07) is 0. The fourth-order valence-electron chi connectivity index (χ4n) is 2.67. The van der Waals surface area contributed by atoms with Crippen LogP contribution in [-0.2, 0) is 0 Å². The van der Waals surface area contributed by atoms with Crippen molar-refractivity contribution in [2.45, 2.75) is 43.8 Å². The molecular weight excluding hydrogens is 139 g/mol. The molecule has 0 atom stereocenters. The normalized spacial score (nSPS) is 42.5. The minimum atomic E-state index is -1.07. The average molecular weight is 154 g/mol. The van der Waals surface area contributed by atoms with Gasteiger partial charge in [0.25, 0.3) is 0 Å². The third-order valence-corrected chi connectivity index (χ3v) is 3.70. The van der Waals surface area contributed by atoms with Gasteiger partial charge in [0.1, 0.15) is 0 Å². The van der Waals surface area contributed by atoms with Crippen molar-refractivity contribution in [1.29, 1.82) is 0 Å². The first-order valence-electron chi connectivity index (χ1n) is 4.59. The van der Waals surface area contributed by atoms with E-state index in [0.717, 1.165) is 25.2 Å². The van der Waals surface area contributed by atoms with E-state index in [0.29, 0.717) is 0 Å². The summed E-state index contributed by atoms with van der Waals surface area (Å²) in [7, 11) is -1.07. The highest BCUT2D eigenvalue weighted by molar-refractivity contribution is 6.45. The van der Waals surface area contributed by atoms with Crippen LogP contribution in [-0.4, -0.2) is 17.2 Å². The maximum Gasteiger partial charge on any atom is 0.458 e.